The van der Waals surface area contributed by atoms with E-state index in [1.165, 1.54) is 30.5 Å². The van der Waals surface area contributed by atoms with E-state index in [-0.39, 0.29) is 5.54 Å². The standard InChI is InChI=1S/C12H15ClN2/c13-9-2-3-11-10(8-9)12(5-7-15-12)4-1-6-14-11/h2-3,8,14-15H,1,4-7H2. The lowest BCUT2D eigenvalue weighted by Crippen LogP contribution is -2.53. The van der Waals surface area contributed by atoms with Gasteiger partial charge in [-0.15, -0.1) is 0 Å². The first-order chi connectivity index (χ1) is 7.30. The predicted octanol–water partition coefficient (Wildman–Crippen LogP) is 2.73. The molecule has 3 rings (SSSR count). The van der Waals surface area contributed by atoms with Crippen LogP contribution >= 0.6 is 11.6 Å². The maximum atomic E-state index is 6.08. The Balaban J connectivity index is 2.11. The van der Waals surface area contributed by atoms with Gasteiger partial charge in [0.1, 0.15) is 0 Å². The highest BCUT2D eigenvalue weighted by atomic mass is 35.5. The van der Waals surface area contributed by atoms with Crippen LogP contribution in [-0.2, 0) is 5.54 Å². The lowest BCUT2D eigenvalue weighted by Gasteiger charge is -2.44. The predicted molar refractivity (Wildman–Crippen MR) is 63.5 cm³/mol. The maximum Gasteiger partial charge on any atom is 0.0468 e. The molecule has 3 heteroatoms. The van der Waals surface area contributed by atoms with E-state index in [0.29, 0.717) is 0 Å². The first kappa shape index (κ1) is 9.49. The lowest BCUT2D eigenvalue weighted by atomic mass is 9.77. The highest BCUT2D eigenvalue weighted by molar-refractivity contribution is 6.30. The molecular formula is C12H15ClN2. The molecule has 2 nitrogen and oxygen atoms in total. The second-order valence-corrected chi connectivity index (χ2v) is 4.92. The zero-order chi connectivity index (χ0) is 10.3. The van der Waals surface area contributed by atoms with Crippen molar-refractivity contribution in [1.29, 1.82) is 0 Å². The molecule has 0 radical (unpaired) electrons. The minimum Gasteiger partial charge on any atom is -0.385 e. The summed E-state index contributed by atoms with van der Waals surface area (Å²) in [6.45, 7) is 2.20. The summed E-state index contributed by atoms with van der Waals surface area (Å²) in [4.78, 5) is 0. The van der Waals surface area contributed by atoms with Gasteiger partial charge in [-0.05, 0) is 49.6 Å². The molecule has 15 heavy (non-hydrogen) atoms. The third-order valence-electron chi connectivity index (χ3n) is 3.61. The first-order valence-electron chi connectivity index (χ1n) is 5.59. The van der Waals surface area contributed by atoms with Gasteiger partial charge in [-0.2, -0.15) is 0 Å². The highest BCUT2D eigenvalue weighted by Gasteiger charge is 2.40. The van der Waals surface area contributed by atoms with E-state index in [0.717, 1.165) is 18.1 Å². The van der Waals surface area contributed by atoms with Gasteiger partial charge in [0.15, 0.2) is 0 Å². The van der Waals surface area contributed by atoms with E-state index in [1.54, 1.807) is 0 Å². The number of hydrogen-bond acceptors (Lipinski definition) is 2. The van der Waals surface area contributed by atoms with Crippen molar-refractivity contribution >= 4 is 17.3 Å². The molecule has 80 valence electrons. The largest absolute Gasteiger partial charge is 0.385 e. The van der Waals surface area contributed by atoms with Crippen molar-refractivity contribution in [2.24, 2.45) is 0 Å². The van der Waals surface area contributed by atoms with Gasteiger partial charge in [0.05, 0.1) is 0 Å². The highest BCUT2D eigenvalue weighted by Crippen LogP contribution is 2.42. The Bertz CT molecular complexity index is 385. The average Bonchev–Trinajstić information content (AvgIpc) is 2.35. The Morgan fingerprint density at radius 1 is 1.20 bits per heavy atom. The monoisotopic (exact) mass is 222 g/mol. The van der Waals surface area contributed by atoms with Gasteiger partial charge in [0, 0.05) is 22.8 Å². The topological polar surface area (TPSA) is 24.1 Å². The third-order valence-corrected chi connectivity index (χ3v) is 3.84. The Morgan fingerprint density at radius 2 is 2.07 bits per heavy atom. The number of hydrogen-bond donors (Lipinski definition) is 2. The molecule has 1 unspecified atom stereocenters. The van der Waals surface area contributed by atoms with E-state index in [2.05, 4.69) is 22.8 Å². The third kappa shape index (κ3) is 1.44. The van der Waals surface area contributed by atoms with Crippen molar-refractivity contribution in [3.05, 3.63) is 28.8 Å². The Labute approximate surface area is 95.0 Å². The number of nitrogens with one attached hydrogen (secondary N) is 2. The second-order valence-electron chi connectivity index (χ2n) is 4.48. The van der Waals surface area contributed by atoms with Crippen LogP contribution in [0.5, 0.6) is 0 Å². The molecule has 2 heterocycles. The molecule has 1 spiro atoms. The van der Waals surface area contributed by atoms with E-state index in [1.807, 2.05) is 6.07 Å². The van der Waals surface area contributed by atoms with Crippen LogP contribution < -0.4 is 10.6 Å². The zero-order valence-corrected chi connectivity index (χ0v) is 9.40. The summed E-state index contributed by atoms with van der Waals surface area (Å²) in [6.07, 6.45) is 3.68. The van der Waals surface area contributed by atoms with Gasteiger partial charge in [-0.25, -0.2) is 0 Å². The average molecular weight is 223 g/mol. The Hall–Kier alpha value is -0.730. The fourth-order valence-corrected chi connectivity index (χ4v) is 2.86. The summed E-state index contributed by atoms with van der Waals surface area (Å²) in [5, 5.41) is 7.90. The van der Waals surface area contributed by atoms with Crippen LogP contribution in [0.15, 0.2) is 18.2 Å². The number of rotatable bonds is 0. The van der Waals surface area contributed by atoms with Gasteiger partial charge in [0.2, 0.25) is 0 Å². The molecule has 2 aliphatic heterocycles. The van der Waals surface area contributed by atoms with Crippen molar-refractivity contribution < 1.29 is 0 Å². The van der Waals surface area contributed by atoms with Crippen LogP contribution in [0.3, 0.4) is 0 Å². The molecule has 0 aromatic heterocycles. The molecule has 0 bridgehead atoms. The van der Waals surface area contributed by atoms with Crippen molar-refractivity contribution in [2.45, 2.75) is 24.8 Å². The number of benzene rings is 1. The molecule has 0 aliphatic carbocycles. The molecule has 2 N–H and O–H groups in total. The van der Waals surface area contributed by atoms with Crippen molar-refractivity contribution in [3.8, 4) is 0 Å². The normalized spacial score (nSPS) is 28.9. The summed E-state index contributed by atoms with van der Waals surface area (Å²) >= 11 is 6.08. The number of halogens is 1. The summed E-state index contributed by atoms with van der Waals surface area (Å²) in [7, 11) is 0. The van der Waals surface area contributed by atoms with E-state index >= 15 is 0 Å². The quantitative estimate of drug-likeness (QED) is 0.706. The van der Waals surface area contributed by atoms with Crippen LogP contribution in [0.2, 0.25) is 5.02 Å². The Kier molecular flexibility index (Phi) is 2.15. The lowest BCUT2D eigenvalue weighted by molar-refractivity contribution is 0.194. The van der Waals surface area contributed by atoms with Crippen molar-refractivity contribution in [1.82, 2.24) is 5.32 Å². The SMILES string of the molecule is Clc1ccc2c(c1)C1(CCCN2)CCN1. The molecule has 1 aromatic carbocycles. The van der Waals surface area contributed by atoms with E-state index < -0.39 is 0 Å². The molecule has 0 amide bonds. The maximum absolute atomic E-state index is 6.08. The van der Waals surface area contributed by atoms with E-state index in [4.69, 9.17) is 11.6 Å². The van der Waals surface area contributed by atoms with E-state index in [9.17, 15) is 0 Å². The fraction of sp³-hybridized carbons (Fsp3) is 0.500. The van der Waals surface area contributed by atoms with Crippen LogP contribution in [-0.4, -0.2) is 13.1 Å². The van der Waals surface area contributed by atoms with Gasteiger partial charge in [-0.3, -0.25) is 0 Å². The summed E-state index contributed by atoms with van der Waals surface area (Å²) in [5.74, 6) is 0. The molecule has 2 aliphatic rings. The Morgan fingerprint density at radius 3 is 2.80 bits per heavy atom. The number of anilines is 1. The minimum absolute atomic E-state index is 0.212. The zero-order valence-electron chi connectivity index (χ0n) is 8.65. The summed E-state index contributed by atoms with van der Waals surface area (Å²) in [6, 6.07) is 6.18. The van der Waals surface area contributed by atoms with Gasteiger partial charge in [0.25, 0.3) is 0 Å². The molecule has 0 saturated carbocycles. The number of fused-ring (bicyclic) bond motifs is 2. The van der Waals surface area contributed by atoms with Crippen LogP contribution in [0.25, 0.3) is 0 Å². The summed E-state index contributed by atoms with van der Waals surface area (Å²) in [5.41, 5.74) is 2.83. The molecular weight excluding hydrogens is 208 g/mol. The van der Waals surface area contributed by atoms with Gasteiger partial charge in [-0.1, -0.05) is 11.6 Å². The fourth-order valence-electron chi connectivity index (χ4n) is 2.68. The molecule has 1 saturated heterocycles. The second kappa shape index (κ2) is 3.39. The molecule has 1 fully saturated rings. The smallest absolute Gasteiger partial charge is 0.0468 e. The van der Waals surface area contributed by atoms with Crippen LogP contribution in [0, 0.1) is 0 Å². The van der Waals surface area contributed by atoms with Crippen LogP contribution in [0.1, 0.15) is 24.8 Å². The minimum atomic E-state index is 0.212. The van der Waals surface area contributed by atoms with Gasteiger partial charge >= 0.3 is 0 Å². The van der Waals surface area contributed by atoms with Gasteiger partial charge < -0.3 is 10.6 Å². The molecule has 1 atom stereocenters. The van der Waals surface area contributed by atoms with Crippen molar-refractivity contribution in [2.75, 3.05) is 18.4 Å². The van der Waals surface area contributed by atoms with Crippen LogP contribution in [0.4, 0.5) is 5.69 Å². The van der Waals surface area contributed by atoms with Crippen molar-refractivity contribution in [3.63, 3.8) is 0 Å². The molecule has 1 aromatic rings. The summed E-state index contributed by atoms with van der Waals surface area (Å²) < 4.78 is 0. The first-order valence-corrected chi connectivity index (χ1v) is 5.97.